The predicted octanol–water partition coefficient (Wildman–Crippen LogP) is 2.94. The maximum absolute atomic E-state index is 11.3. The number of ether oxygens (including phenoxy) is 2. The van der Waals surface area contributed by atoms with Crippen molar-refractivity contribution in [3.8, 4) is 0 Å². The highest BCUT2D eigenvalue weighted by Gasteiger charge is 2.31. The van der Waals surface area contributed by atoms with Gasteiger partial charge in [-0.25, -0.2) is 0 Å². The Balaban J connectivity index is 1.60. The van der Waals surface area contributed by atoms with Gasteiger partial charge in [-0.05, 0) is 31.2 Å². The summed E-state index contributed by atoms with van der Waals surface area (Å²) in [5, 5.41) is 0. The van der Waals surface area contributed by atoms with Gasteiger partial charge in [0.25, 0.3) is 0 Å². The largest absolute Gasteiger partial charge is 0.466 e. The maximum Gasteiger partial charge on any atom is 0.306 e. The molecule has 18 heavy (non-hydrogen) atoms. The standard InChI is InChI=1S/C15H20O3/c1-2-17-15(16)10-13-8-14(9-13)18-11-12-6-4-3-5-7-12/h3-7,13-14H,2,8-11H2,1H3. The van der Waals surface area contributed by atoms with Gasteiger partial charge in [-0.3, -0.25) is 4.79 Å². The summed E-state index contributed by atoms with van der Waals surface area (Å²) in [7, 11) is 0. The zero-order valence-electron chi connectivity index (χ0n) is 10.8. The van der Waals surface area contributed by atoms with Gasteiger partial charge in [0.1, 0.15) is 0 Å². The van der Waals surface area contributed by atoms with Crippen LogP contribution in [0.1, 0.15) is 31.7 Å². The minimum atomic E-state index is -0.0796. The Labute approximate surface area is 108 Å². The molecule has 0 amide bonds. The highest BCUT2D eigenvalue weighted by Crippen LogP contribution is 2.33. The van der Waals surface area contributed by atoms with Gasteiger partial charge < -0.3 is 9.47 Å². The fraction of sp³-hybridized carbons (Fsp3) is 0.533. The van der Waals surface area contributed by atoms with Gasteiger partial charge >= 0.3 is 5.97 Å². The number of carbonyl (C=O) groups is 1. The monoisotopic (exact) mass is 248 g/mol. The summed E-state index contributed by atoms with van der Waals surface area (Å²) in [6.07, 6.45) is 2.81. The van der Waals surface area contributed by atoms with E-state index in [0.717, 1.165) is 12.8 Å². The van der Waals surface area contributed by atoms with Crippen LogP contribution >= 0.6 is 0 Å². The SMILES string of the molecule is CCOC(=O)CC1CC(OCc2ccccc2)C1. The Morgan fingerprint density at radius 3 is 2.67 bits per heavy atom. The molecule has 0 radical (unpaired) electrons. The second-order valence-corrected chi connectivity index (χ2v) is 4.77. The van der Waals surface area contributed by atoms with Crippen molar-refractivity contribution in [3.05, 3.63) is 35.9 Å². The van der Waals surface area contributed by atoms with Gasteiger partial charge in [-0.15, -0.1) is 0 Å². The normalized spacial score (nSPS) is 22.3. The van der Waals surface area contributed by atoms with Crippen LogP contribution in [0.4, 0.5) is 0 Å². The van der Waals surface area contributed by atoms with Crippen LogP contribution in [0.25, 0.3) is 0 Å². The average molecular weight is 248 g/mol. The van der Waals surface area contributed by atoms with Crippen LogP contribution in [0.2, 0.25) is 0 Å². The second kappa shape index (κ2) is 6.55. The lowest BCUT2D eigenvalue weighted by Gasteiger charge is -2.34. The van der Waals surface area contributed by atoms with Crippen LogP contribution in [0.5, 0.6) is 0 Å². The molecule has 0 heterocycles. The number of rotatable bonds is 6. The molecule has 0 unspecified atom stereocenters. The van der Waals surface area contributed by atoms with Crippen molar-refractivity contribution in [1.82, 2.24) is 0 Å². The summed E-state index contributed by atoms with van der Waals surface area (Å²) in [6.45, 7) is 2.97. The third-order valence-corrected chi connectivity index (χ3v) is 3.28. The van der Waals surface area contributed by atoms with E-state index in [1.165, 1.54) is 5.56 Å². The molecule has 3 heteroatoms. The topological polar surface area (TPSA) is 35.5 Å². The van der Waals surface area contributed by atoms with E-state index in [0.29, 0.717) is 31.7 Å². The lowest BCUT2D eigenvalue weighted by molar-refractivity contribution is -0.146. The summed E-state index contributed by atoms with van der Waals surface area (Å²) in [5.41, 5.74) is 1.20. The van der Waals surface area contributed by atoms with Crippen LogP contribution in [-0.2, 0) is 20.9 Å². The van der Waals surface area contributed by atoms with Crippen LogP contribution in [-0.4, -0.2) is 18.7 Å². The summed E-state index contributed by atoms with van der Waals surface area (Å²) in [4.78, 5) is 11.3. The van der Waals surface area contributed by atoms with E-state index in [4.69, 9.17) is 9.47 Å². The fourth-order valence-electron chi connectivity index (χ4n) is 2.22. The lowest BCUT2D eigenvalue weighted by atomic mass is 9.80. The van der Waals surface area contributed by atoms with Gasteiger partial charge in [-0.2, -0.15) is 0 Å². The molecule has 1 aliphatic carbocycles. The van der Waals surface area contributed by atoms with Gasteiger partial charge in [0.2, 0.25) is 0 Å². The molecule has 2 rings (SSSR count). The van der Waals surface area contributed by atoms with E-state index in [1.807, 2.05) is 25.1 Å². The smallest absolute Gasteiger partial charge is 0.306 e. The number of esters is 1. The van der Waals surface area contributed by atoms with Crippen LogP contribution in [0, 0.1) is 5.92 Å². The van der Waals surface area contributed by atoms with E-state index in [9.17, 15) is 4.79 Å². The Morgan fingerprint density at radius 1 is 1.28 bits per heavy atom. The van der Waals surface area contributed by atoms with Crippen molar-refractivity contribution in [1.29, 1.82) is 0 Å². The van der Waals surface area contributed by atoms with E-state index in [2.05, 4.69) is 12.1 Å². The summed E-state index contributed by atoms with van der Waals surface area (Å²) in [5.74, 6) is 0.369. The van der Waals surface area contributed by atoms with Crippen LogP contribution < -0.4 is 0 Å². The summed E-state index contributed by atoms with van der Waals surface area (Å²) in [6, 6.07) is 10.2. The van der Waals surface area contributed by atoms with Crippen molar-refractivity contribution in [2.45, 2.75) is 38.9 Å². The van der Waals surface area contributed by atoms with Crippen molar-refractivity contribution in [2.24, 2.45) is 5.92 Å². The minimum absolute atomic E-state index is 0.0796. The van der Waals surface area contributed by atoms with Gasteiger partial charge in [0.15, 0.2) is 0 Å². The Hall–Kier alpha value is -1.35. The summed E-state index contributed by atoms with van der Waals surface area (Å²) < 4.78 is 10.7. The highest BCUT2D eigenvalue weighted by atomic mass is 16.5. The summed E-state index contributed by atoms with van der Waals surface area (Å²) >= 11 is 0. The number of benzene rings is 1. The molecule has 1 saturated carbocycles. The maximum atomic E-state index is 11.3. The predicted molar refractivity (Wildman–Crippen MR) is 69.0 cm³/mol. The Kier molecular flexibility index (Phi) is 4.76. The van der Waals surface area contributed by atoms with Crippen molar-refractivity contribution in [3.63, 3.8) is 0 Å². The molecule has 1 aliphatic rings. The highest BCUT2D eigenvalue weighted by molar-refractivity contribution is 5.69. The van der Waals surface area contributed by atoms with E-state index >= 15 is 0 Å². The molecule has 1 aromatic rings. The minimum Gasteiger partial charge on any atom is -0.466 e. The number of hydrogen-bond acceptors (Lipinski definition) is 3. The van der Waals surface area contributed by atoms with Crippen LogP contribution in [0.15, 0.2) is 30.3 Å². The van der Waals surface area contributed by atoms with Crippen molar-refractivity contribution < 1.29 is 14.3 Å². The first-order valence-electron chi connectivity index (χ1n) is 6.59. The molecule has 1 fully saturated rings. The molecular weight excluding hydrogens is 228 g/mol. The molecule has 0 bridgehead atoms. The van der Waals surface area contributed by atoms with Crippen molar-refractivity contribution in [2.75, 3.05) is 6.61 Å². The van der Waals surface area contributed by atoms with E-state index < -0.39 is 0 Å². The molecule has 0 atom stereocenters. The first kappa shape index (κ1) is 13.1. The third-order valence-electron chi connectivity index (χ3n) is 3.28. The molecule has 0 spiro atoms. The van der Waals surface area contributed by atoms with Crippen molar-refractivity contribution >= 4 is 5.97 Å². The number of hydrogen-bond donors (Lipinski definition) is 0. The average Bonchev–Trinajstić information content (AvgIpc) is 2.33. The Morgan fingerprint density at radius 2 is 2.00 bits per heavy atom. The Bertz CT molecular complexity index is 369. The molecule has 0 N–H and O–H groups in total. The zero-order valence-corrected chi connectivity index (χ0v) is 10.8. The molecule has 98 valence electrons. The second-order valence-electron chi connectivity index (χ2n) is 4.77. The van der Waals surface area contributed by atoms with Crippen LogP contribution in [0.3, 0.4) is 0 Å². The molecule has 0 saturated heterocycles. The first-order valence-corrected chi connectivity index (χ1v) is 6.59. The zero-order chi connectivity index (χ0) is 12.8. The quantitative estimate of drug-likeness (QED) is 0.726. The molecule has 3 nitrogen and oxygen atoms in total. The number of carbonyl (C=O) groups excluding carboxylic acids is 1. The van der Waals surface area contributed by atoms with Gasteiger partial charge in [-0.1, -0.05) is 30.3 Å². The van der Waals surface area contributed by atoms with Gasteiger partial charge in [0.05, 0.1) is 19.3 Å². The molecule has 0 aliphatic heterocycles. The third kappa shape index (κ3) is 3.84. The lowest BCUT2D eigenvalue weighted by Crippen LogP contribution is -2.33. The van der Waals surface area contributed by atoms with E-state index in [1.54, 1.807) is 0 Å². The molecule has 0 aromatic heterocycles. The molecular formula is C15H20O3. The molecule has 1 aromatic carbocycles. The van der Waals surface area contributed by atoms with E-state index in [-0.39, 0.29) is 5.97 Å². The van der Waals surface area contributed by atoms with Gasteiger partial charge in [0, 0.05) is 6.42 Å². The fourth-order valence-corrected chi connectivity index (χ4v) is 2.22. The first-order chi connectivity index (χ1) is 8.78.